The molecule has 1 atom stereocenters. The molecule has 0 radical (unpaired) electrons. The van der Waals surface area contributed by atoms with Crippen molar-refractivity contribution in [2.75, 3.05) is 5.32 Å². The van der Waals surface area contributed by atoms with Gasteiger partial charge < -0.3 is 5.32 Å². The number of hydrogen-bond donors (Lipinski definition) is 1. The van der Waals surface area contributed by atoms with Gasteiger partial charge in [0.1, 0.15) is 0 Å². The number of fused-ring (bicyclic) bond motifs is 1. The Morgan fingerprint density at radius 1 is 1.10 bits per heavy atom. The third-order valence-electron chi connectivity index (χ3n) is 3.53. The van der Waals surface area contributed by atoms with Gasteiger partial charge in [0.25, 0.3) is 0 Å². The van der Waals surface area contributed by atoms with Gasteiger partial charge in [-0.15, -0.1) is 11.3 Å². The summed E-state index contributed by atoms with van der Waals surface area (Å²) in [4.78, 5) is 4.50. The summed E-state index contributed by atoms with van der Waals surface area (Å²) in [5.41, 5.74) is 4.90. The van der Waals surface area contributed by atoms with Crippen molar-refractivity contribution < 1.29 is 0 Å². The number of aromatic nitrogens is 1. The van der Waals surface area contributed by atoms with Crippen molar-refractivity contribution in [1.29, 1.82) is 0 Å². The number of nitrogens with zero attached hydrogens (tertiary/aromatic N) is 1. The number of aryl methyl sites for hydroxylation is 2. The average Bonchev–Trinajstić information content (AvgIpc) is 2.78. The van der Waals surface area contributed by atoms with E-state index in [0.717, 1.165) is 16.2 Å². The highest BCUT2D eigenvalue weighted by atomic mass is 32.1. The third kappa shape index (κ3) is 2.54. The third-order valence-corrected chi connectivity index (χ3v) is 4.47. The maximum absolute atomic E-state index is 4.50. The Bertz CT molecular complexity index is 746. The summed E-state index contributed by atoms with van der Waals surface area (Å²) in [6, 6.07) is 15.2. The van der Waals surface area contributed by atoms with Gasteiger partial charge in [-0.3, -0.25) is 0 Å². The molecule has 1 unspecified atom stereocenters. The van der Waals surface area contributed by atoms with Crippen LogP contribution in [0, 0.1) is 13.8 Å². The van der Waals surface area contributed by atoms with E-state index in [2.05, 4.69) is 66.6 Å². The Balaban J connectivity index is 1.87. The minimum absolute atomic E-state index is 0.294. The standard InChI is InChI=1S/C17H18N2S/c1-11-6-4-5-7-15(11)12(2)18-14-8-9-16-17(10-14)20-13(3)19-16/h4-10,12,18H,1-3H3. The van der Waals surface area contributed by atoms with Gasteiger partial charge in [-0.2, -0.15) is 0 Å². The molecule has 3 heteroatoms. The predicted molar refractivity (Wildman–Crippen MR) is 87.6 cm³/mol. The van der Waals surface area contributed by atoms with Gasteiger partial charge in [-0.25, -0.2) is 4.98 Å². The number of anilines is 1. The quantitative estimate of drug-likeness (QED) is 0.724. The summed E-state index contributed by atoms with van der Waals surface area (Å²) in [6.07, 6.45) is 0. The molecule has 0 saturated carbocycles. The van der Waals surface area contributed by atoms with Crippen LogP contribution in [0.25, 0.3) is 10.2 Å². The summed E-state index contributed by atoms with van der Waals surface area (Å²) in [7, 11) is 0. The number of nitrogens with one attached hydrogen (secondary N) is 1. The van der Waals surface area contributed by atoms with Gasteiger partial charge in [0.05, 0.1) is 15.2 Å². The van der Waals surface area contributed by atoms with E-state index in [4.69, 9.17) is 0 Å². The lowest BCUT2D eigenvalue weighted by molar-refractivity contribution is 0.875. The van der Waals surface area contributed by atoms with E-state index < -0.39 is 0 Å². The van der Waals surface area contributed by atoms with Crippen LogP contribution >= 0.6 is 11.3 Å². The Labute approximate surface area is 123 Å². The van der Waals surface area contributed by atoms with Crippen LogP contribution in [0.1, 0.15) is 29.1 Å². The van der Waals surface area contributed by atoms with E-state index in [1.54, 1.807) is 11.3 Å². The molecule has 2 aromatic carbocycles. The summed E-state index contributed by atoms with van der Waals surface area (Å²) in [5.74, 6) is 0. The lowest BCUT2D eigenvalue weighted by Gasteiger charge is -2.17. The molecule has 102 valence electrons. The molecule has 1 heterocycles. The molecule has 20 heavy (non-hydrogen) atoms. The number of benzene rings is 2. The fourth-order valence-electron chi connectivity index (χ4n) is 2.53. The topological polar surface area (TPSA) is 24.9 Å². The van der Waals surface area contributed by atoms with E-state index >= 15 is 0 Å². The summed E-state index contributed by atoms with van der Waals surface area (Å²) in [5, 5.41) is 4.69. The summed E-state index contributed by atoms with van der Waals surface area (Å²) >= 11 is 1.74. The molecule has 0 amide bonds. The minimum Gasteiger partial charge on any atom is -0.378 e. The van der Waals surface area contributed by atoms with Gasteiger partial charge in [-0.1, -0.05) is 24.3 Å². The van der Waals surface area contributed by atoms with Crippen LogP contribution < -0.4 is 5.32 Å². The van der Waals surface area contributed by atoms with Crippen molar-refractivity contribution >= 4 is 27.2 Å². The summed E-state index contributed by atoms with van der Waals surface area (Å²) < 4.78 is 1.24. The second kappa shape index (κ2) is 5.25. The van der Waals surface area contributed by atoms with E-state index in [1.807, 2.05) is 6.92 Å². The molecule has 0 aliphatic carbocycles. The first-order valence-electron chi connectivity index (χ1n) is 6.83. The molecule has 3 aromatic rings. The molecule has 1 N–H and O–H groups in total. The molecule has 0 spiro atoms. The zero-order valence-corrected chi connectivity index (χ0v) is 12.8. The maximum Gasteiger partial charge on any atom is 0.0907 e. The normalized spacial score (nSPS) is 12.6. The predicted octanol–water partition coefficient (Wildman–Crippen LogP) is 5.09. The Hall–Kier alpha value is -1.87. The number of rotatable bonds is 3. The number of hydrogen-bond acceptors (Lipinski definition) is 3. The molecular weight excluding hydrogens is 264 g/mol. The van der Waals surface area contributed by atoms with Gasteiger partial charge in [-0.05, 0) is 50.1 Å². The van der Waals surface area contributed by atoms with Crippen molar-refractivity contribution in [3.8, 4) is 0 Å². The monoisotopic (exact) mass is 282 g/mol. The van der Waals surface area contributed by atoms with Crippen molar-refractivity contribution in [2.24, 2.45) is 0 Å². The largest absolute Gasteiger partial charge is 0.378 e. The molecule has 0 aliphatic rings. The van der Waals surface area contributed by atoms with E-state index in [0.29, 0.717) is 6.04 Å². The van der Waals surface area contributed by atoms with Crippen molar-refractivity contribution in [3.05, 3.63) is 58.6 Å². The maximum atomic E-state index is 4.50. The molecule has 0 aliphatic heterocycles. The Morgan fingerprint density at radius 2 is 1.90 bits per heavy atom. The van der Waals surface area contributed by atoms with Gasteiger partial charge in [0.2, 0.25) is 0 Å². The van der Waals surface area contributed by atoms with Crippen LogP contribution in [-0.4, -0.2) is 4.98 Å². The Kier molecular flexibility index (Phi) is 3.45. The van der Waals surface area contributed by atoms with Crippen molar-refractivity contribution in [2.45, 2.75) is 26.8 Å². The first-order chi connectivity index (χ1) is 9.63. The molecule has 0 fully saturated rings. The molecule has 0 bridgehead atoms. The van der Waals surface area contributed by atoms with Crippen LogP contribution in [0.4, 0.5) is 5.69 Å². The fourth-order valence-corrected chi connectivity index (χ4v) is 3.40. The zero-order valence-electron chi connectivity index (χ0n) is 12.0. The van der Waals surface area contributed by atoms with Crippen LogP contribution in [0.15, 0.2) is 42.5 Å². The average molecular weight is 282 g/mol. The van der Waals surface area contributed by atoms with Crippen LogP contribution in [0.2, 0.25) is 0 Å². The smallest absolute Gasteiger partial charge is 0.0907 e. The van der Waals surface area contributed by atoms with E-state index in [-0.39, 0.29) is 0 Å². The second-order valence-electron chi connectivity index (χ2n) is 5.14. The van der Waals surface area contributed by atoms with E-state index in [9.17, 15) is 0 Å². The molecule has 3 rings (SSSR count). The van der Waals surface area contributed by atoms with Gasteiger partial charge in [0, 0.05) is 11.7 Å². The van der Waals surface area contributed by atoms with Crippen molar-refractivity contribution in [1.82, 2.24) is 4.98 Å². The molecule has 1 aromatic heterocycles. The molecule has 2 nitrogen and oxygen atoms in total. The summed E-state index contributed by atoms with van der Waals surface area (Å²) in [6.45, 7) is 6.40. The first kappa shape index (κ1) is 13.1. The van der Waals surface area contributed by atoms with Crippen LogP contribution in [0.3, 0.4) is 0 Å². The first-order valence-corrected chi connectivity index (χ1v) is 7.64. The molecular formula is C17H18N2S. The molecule has 0 saturated heterocycles. The van der Waals surface area contributed by atoms with Crippen LogP contribution in [0.5, 0.6) is 0 Å². The lowest BCUT2D eigenvalue weighted by atomic mass is 10.0. The minimum atomic E-state index is 0.294. The van der Waals surface area contributed by atoms with Crippen molar-refractivity contribution in [3.63, 3.8) is 0 Å². The zero-order chi connectivity index (χ0) is 14.1. The lowest BCUT2D eigenvalue weighted by Crippen LogP contribution is -2.07. The van der Waals surface area contributed by atoms with Crippen LogP contribution in [-0.2, 0) is 0 Å². The fraction of sp³-hybridized carbons (Fsp3) is 0.235. The highest BCUT2D eigenvalue weighted by molar-refractivity contribution is 7.18. The number of thiazole rings is 1. The highest BCUT2D eigenvalue weighted by Crippen LogP contribution is 2.27. The Morgan fingerprint density at radius 3 is 2.70 bits per heavy atom. The van der Waals surface area contributed by atoms with Gasteiger partial charge >= 0.3 is 0 Å². The van der Waals surface area contributed by atoms with Gasteiger partial charge in [0.15, 0.2) is 0 Å². The highest BCUT2D eigenvalue weighted by Gasteiger charge is 2.08. The second-order valence-corrected chi connectivity index (χ2v) is 6.37. The SMILES string of the molecule is Cc1nc2ccc(NC(C)c3ccccc3C)cc2s1. The van der Waals surface area contributed by atoms with E-state index in [1.165, 1.54) is 15.8 Å².